The number of rotatable bonds is 5. The van der Waals surface area contributed by atoms with Crippen molar-refractivity contribution in [3.8, 4) is 5.75 Å². The Morgan fingerprint density at radius 2 is 2.04 bits per heavy atom. The van der Waals surface area contributed by atoms with Crippen molar-refractivity contribution in [1.82, 2.24) is 10.6 Å². The molecule has 2 N–H and O–H groups in total. The first kappa shape index (κ1) is 21.2. The van der Waals surface area contributed by atoms with Gasteiger partial charge in [-0.3, -0.25) is 0 Å². The largest absolute Gasteiger partial charge is 0.467 e. The molecule has 0 amide bonds. The first-order valence-corrected chi connectivity index (χ1v) is 8.88. The molecule has 0 aromatic heterocycles. The molecule has 0 atom stereocenters. The van der Waals surface area contributed by atoms with Crippen LogP contribution in [-0.2, 0) is 22.6 Å². The van der Waals surface area contributed by atoms with Gasteiger partial charge in [0.2, 0.25) is 0 Å². The minimum atomic E-state index is -0.293. The summed E-state index contributed by atoms with van der Waals surface area (Å²) in [5, 5.41) is 6.61. The first-order chi connectivity index (χ1) is 12.3. The van der Waals surface area contributed by atoms with Crippen LogP contribution in [0.2, 0.25) is 0 Å². The minimum Gasteiger partial charge on any atom is -0.467 e. The second-order valence-corrected chi connectivity index (χ2v) is 6.30. The van der Waals surface area contributed by atoms with Crippen LogP contribution in [0, 0.1) is 11.7 Å². The molecule has 26 heavy (non-hydrogen) atoms. The number of nitrogens with one attached hydrogen (secondary N) is 2. The molecule has 2 aliphatic heterocycles. The van der Waals surface area contributed by atoms with Gasteiger partial charge in [0, 0.05) is 37.4 Å². The maximum absolute atomic E-state index is 13.8. The lowest BCUT2D eigenvalue weighted by Gasteiger charge is -2.23. The molecule has 1 aromatic rings. The molecular formula is C18H27FIN3O3. The lowest BCUT2D eigenvalue weighted by atomic mass is 10.0. The van der Waals surface area contributed by atoms with Gasteiger partial charge in [0.15, 0.2) is 12.8 Å². The SMILES string of the molecule is CCNC(=NCc1cc(F)cc2c1OCOC2)NCC1CCOCC1.I. The number of aliphatic imine (C=N–C) groups is 1. The summed E-state index contributed by atoms with van der Waals surface area (Å²) in [4.78, 5) is 4.59. The van der Waals surface area contributed by atoms with Crippen LogP contribution < -0.4 is 15.4 Å². The molecule has 6 nitrogen and oxygen atoms in total. The number of hydrogen-bond acceptors (Lipinski definition) is 4. The molecule has 1 fully saturated rings. The van der Waals surface area contributed by atoms with Crippen LogP contribution in [0.15, 0.2) is 17.1 Å². The highest BCUT2D eigenvalue weighted by Gasteiger charge is 2.17. The Morgan fingerprint density at radius 3 is 2.81 bits per heavy atom. The van der Waals surface area contributed by atoms with E-state index in [2.05, 4.69) is 15.6 Å². The van der Waals surface area contributed by atoms with Gasteiger partial charge in [0.25, 0.3) is 0 Å². The monoisotopic (exact) mass is 479 g/mol. The van der Waals surface area contributed by atoms with Crippen molar-refractivity contribution >= 4 is 29.9 Å². The van der Waals surface area contributed by atoms with Crippen molar-refractivity contribution in [3.63, 3.8) is 0 Å². The van der Waals surface area contributed by atoms with Crippen LogP contribution in [0.5, 0.6) is 5.75 Å². The summed E-state index contributed by atoms with van der Waals surface area (Å²) < 4.78 is 30.0. The van der Waals surface area contributed by atoms with Crippen molar-refractivity contribution < 1.29 is 18.6 Å². The van der Waals surface area contributed by atoms with Crippen molar-refractivity contribution in [3.05, 3.63) is 29.1 Å². The predicted octanol–water partition coefficient (Wildman–Crippen LogP) is 2.79. The zero-order valence-corrected chi connectivity index (χ0v) is 17.4. The second kappa shape index (κ2) is 10.9. The summed E-state index contributed by atoms with van der Waals surface area (Å²) in [7, 11) is 0. The van der Waals surface area contributed by atoms with Gasteiger partial charge >= 0.3 is 0 Å². The fraction of sp³-hybridized carbons (Fsp3) is 0.611. The molecule has 0 spiro atoms. The Kier molecular flexibility index (Phi) is 8.86. The average Bonchev–Trinajstić information content (AvgIpc) is 2.64. The summed E-state index contributed by atoms with van der Waals surface area (Å²) in [5.74, 6) is 1.73. The third kappa shape index (κ3) is 5.95. The van der Waals surface area contributed by atoms with E-state index in [1.54, 1.807) is 0 Å². The molecule has 1 aromatic carbocycles. The van der Waals surface area contributed by atoms with Gasteiger partial charge in [-0.15, -0.1) is 24.0 Å². The van der Waals surface area contributed by atoms with E-state index in [0.717, 1.165) is 56.2 Å². The number of hydrogen-bond donors (Lipinski definition) is 2. The van der Waals surface area contributed by atoms with Gasteiger partial charge in [-0.1, -0.05) is 0 Å². The van der Waals surface area contributed by atoms with Gasteiger partial charge in [-0.2, -0.15) is 0 Å². The van der Waals surface area contributed by atoms with Crippen molar-refractivity contribution in [2.75, 3.05) is 33.1 Å². The highest BCUT2D eigenvalue weighted by Crippen LogP contribution is 2.29. The van der Waals surface area contributed by atoms with Crippen LogP contribution in [-0.4, -0.2) is 39.1 Å². The van der Waals surface area contributed by atoms with Gasteiger partial charge in [-0.25, -0.2) is 9.38 Å². The minimum absolute atomic E-state index is 0. The normalized spacial score (nSPS) is 17.7. The molecule has 2 aliphatic rings. The molecule has 3 rings (SSSR count). The van der Waals surface area contributed by atoms with Crippen LogP contribution >= 0.6 is 24.0 Å². The third-order valence-electron chi connectivity index (χ3n) is 4.40. The lowest BCUT2D eigenvalue weighted by Crippen LogP contribution is -2.40. The topological polar surface area (TPSA) is 64.1 Å². The van der Waals surface area contributed by atoms with Gasteiger partial charge in [0.1, 0.15) is 11.6 Å². The van der Waals surface area contributed by atoms with Crippen molar-refractivity contribution in [2.24, 2.45) is 10.9 Å². The van der Waals surface area contributed by atoms with Crippen molar-refractivity contribution in [2.45, 2.75) is 32.9 Å². The van der Waals surface area contributed by atoms with Crippen molar-refractivity contribution in [1.29, 1.82) is 0 Å². The zero-order valence-electron chi connectivity index (χ0n) is 15.1. The van der Waals surface area contributed by atoms with E-state index < -0.39 is 0 Å². The number of ether oxygens (including phenoxy) is 3. The molecule has 0 saturated carbocycles. The maximum atomic E-state index is 13.8. The average molecular weight is 479 g/mol. The van der Waals surface area contributed by atoms with Crippen LogP contribution in [0.4, 0.5) is 4.39 Å². The fourth-order valence-electron chi connectivity index (χ4n) is 3.07. The van der Waals surface area contributed by atoms with Crippen LogP contribution in [0.25, 0.3) is 0 Å². The fourth-order valence-corrected chi connectivity index (χ4v) is 3.07. The predicted molar refractivity (Wildman–Crippen MR) is 108 cm³/mol. The van der Waals surface area contributed by atoms with E-state index >= 15 is 0 Å². The Morgan fingerprint density at radius 1 is 1.23 bits per heavy atom. The molecule has 0 bridgehead atoms. The van der Waals surface area contributed by atoms with Crippen LogP contribution in [0.1, 0.15) is 30.9 Å². The Bertz CT molecular complexity index is 610. The molecule has 0 radical (unpaired) electrons. The van der Waals surface area contributed by atoms with E-state index in [1.807, 2.05) is 6.92 Å². The van der Waals surface area contributed by atoms with E-state index in [9.17, 15) is 4.39 Å². The van der Waals surface area contributed by atoms with E-state index in [4.69, 9.17) is 14.2 Å². The highest BCUT2D eigenvalue weighted by molar-refractivity contribution is 14.0. The molecule has 1 saturated heterocycles. The number of fused-ring (bicyclic) bond motifs is 1. The van der Waals surface area contributed by atoms with Gasteiger partial charge in [-0.05, 0) is 37.8 Å². The Balaban J connectivity index is 0.00000243. The van der Waals surface area contributed by atoms with Crippen LogP contribution in [0.3, 0.4) is 0 Å². The summed E-state index contributed by atoms with van der Waals surface area (Å²) in [6.07, 6.45) is 2.13. The second-order valence-electron chi connectivity index (χ2n) is 6.30. The summed E-state index contributed by atoms with van der Waals surface area (Å²) in [6, 6.07) is 2.94. The van der Waals surface area contributed by atoms with E-state index in [-0.39, 0.29) is 36.6 Å². The summed E-state index contributed by atoms with van der Waals surface area (Å²) in [5.41, 5.74) is 1.47. The summed E-state index contributed by atoms with van der Waals surface area (Å²) in [6.45, 7) is 6.22. The molecule has 8 heteroatoms. The molecular weight excluding hydrogens is 452 g/mol. The molecule has 146 valence electrons. The third-order valence-corrected chi connectivity index (χ3v) is 4.40. The Hall–Kier alpha value is -1.13. The van der Waals surface area contributed by atoms with E-state index in [0.29, 0.717) is 24.8 Å². The Labute approximate surface area is 170 Å². The van der Waals surface area contributed by atoms with Gasteiger partial charge in [0.05, 0.1) is 13.2 Å². The zero-order chi connectivity index (χ0) is 17.5. The first-order valence-electron chi connectivity index (χ1n) is 8.88. The number of nitrogens with zero attached hydrogens (tertiary/aromatic N) is 1. The lowest BCUT2D eigenvalue weighted by molar-refractivity contribution is -0.0172. The van der Waals surface area contributed by atoms with E-state index in [1.165, 1.54) is 12.1 Å². The summed E-state index contributed by atoms with van der Waals surface area (Å²) >= 11 is 0. The number of halogens is 2. The van der Waals surface area contributed by atoms with Gasteiger partial charge < -0.3 is 24.8 Å². The molecule has 0 unspecified atom stereocenters. The number of benzene rings is 1. The molecule has 0 aliphatic carbocycles. The standard InChI is InChI=1S/C18H26FN3O3.HI/c1-2-20-18(21-9-13-3-5-23-6-4-13)22-10-14-7-16(19)8-15-11-24-12-25-17(14)15;/h7-8,13H,2-6,9-12H2,1H3,(H2,20,21,22);1H. The number of guanidine groups is 1. The quantitative estimate of drug-likeness (QED) is 0.387. The maximum Gasteiger partial charge on any atom is 0.191 e. The smallest absolute Gasteiger partial charge is 0.191 e. The molecule has 2 heterocycles. The highest BCUT2D eigenvalue weighted by atomic mass is 127.